The Balaban J connectivity index is 2.26. The molecule has 0 amide bonds. The Morgan fingerprint density at radius 3 is 2.07 bits per heavy atom. The number of benzene rings is 1. The van der Waals surface area contributed by atoms with Gasteiger partial charge in [0.1, 0.15) is 0 Å². The third-order valence-corrected chi connectivity index (χ3v) is 2.85. The molecule has 2 heteroatoms. The van der Waals surface area contributed by atoms with E-state index in [0.717, 1.165) is 5.56 Å². The topological polar surface area (TPSA) is 34.1 Å². The zero-order valence-electron chi connectivity index (χ0n) is 8.51. The van der Waals surface area contributed by atoms with Gasteiger partial charge in [0, 0.05) is 0 Å². The van der Waals surface area contributed by atoms with E-state index in [2.05, 4.69) is 0 Å². The molecule has 0 radical (unpaired) electrons. The summed E-state index contributed by atoms with van der Waals surface area (Å²) in [7, 11) is 0. The Morgan fingerprint density at radius 1 is 1.00 bits per heavy atom. The minimum Gasteiger partial charge on any atom is -0.294 e. The zero-order chi connectivity index (χ0) is 10.8. The zero-order valence-corrected chi connectivity index (χ0v) is 8.51. The molecular formula is C13H12O2. The quantitative estimate of drug-likeness (QED) is 0.685. The number of allylic oxidation sites excluding steroid dienone is 2. The molecule has 0 saturated carbocycles. The summed E-state index contributed by atoms with van der Waals surface area (Å²) in [6, 6.07) is 9.66. The van der Waals surface area contributed by atoms with Crippen LogP contribution in [0.1, 0.15) is 18.4 Å². The molecule has 0 spiro atoms. The van der Waals surface area contributed by atoms with Gasteiger partial charge in [0.15, 0.2) is 11.6 Å². The van der Waals surface area contributed by atoms with E-state index >= 15 is 0 Å². The standard InChI is InChI=1S/C13H12O2/c1-9(10-5-3-2-4-6-10)13-11(14)7-8-12(13)15/h2-9,13H,1H3. The lowest BCUT2D eigenvalue weighted by Gasteiger charge is -2.16. The van der Waals surface area contributed by atoms with Gasteiger partial charge in [-0.1, -0.05) is 37.3 Å². The first-order valence-electron chi connectivity index (χ1n) is 5.01. The number of rotatable bonds is 2. The molecule has 1 unspecified atom stereocenters. The fourth-order valence-electron chi connectivity index (χ4n) is 1.95. The van der Waals surface area contributed by atoms with Crippen molar-refractivity contribution in [2.75, 3.05) is 0 Å². The van der Waals surface area contributed by atoms with Crippen molar-refractivity contribution in [1.29, 1.82) is 0 Å². The summed E-state index contributed by atoms with van der Waals surface area (Å²) in [6.45, 7) is 1.92. The molecule has 0 saturated heterocycles. The van der Waals surface area contributed by atoms with Gasteiger partial charge in [-0.05, 0) is 23.6 Å². The lowest BCUT2D eigenvalue weighted by atomic mass is 9.85. The SMILES string of the molecule is CC(c1ccccc1)C1C(=O)C=CC1=O. The van der Waals surface area contributed by atoms with Gasteiger partial charge in [0.2, 0.25) is 0 Å². The van der Waals surface area contributed by atoms with Gasteiger partial charge in [-0.25, -0.2) is 0 Å². The predicted molar refractivity (Wildman–Crippen MR) is 57.5 cm³/mol. The molecule has 15 heavy (non-hydrogen) atoms. The predicted octanol–water partition coefficient (Wildman–Crippen LogP) is 2.11. The van der Waals surface area contributed by atoms with E-state index in [9.17, 15) is 9.59 Å². The first kappa shape index (κ1) is 9.84. The van der Waals surface area contributed by atoms with Crippen LogP contribution in [0.4, 0.5) is 0 Å². The molecule has 0 bridgehead atoms. The van der Waals surface area contributed by atoms with Gasteiger partial charge in [0.05, 0.1) is 5.92 Å². The van der Waals surface area contributed by atoms with E-state index in [1.807, 2.05) is 37.3 Å². The van der Waals surface area contributed by atoms with Crippen molar-refractivity contribution >= 4 is 11.6 Å². The maximum Gasteiger partial charge on any atom is 0.167 e. The monoisotopic (exact) mass is 200 g/mol. The van der Waals surface area contributed by atoms with Crippen LogP contribution in [-0.4, -0.2) is 11.6 Å². The molecule has 0 N–H and O–H groups in total. The summed E-state index contributed by atoms with van der Waals surface area (Å²) in [6.07, 6.45) is 2.76. The smallest absolute Gasteiger partial charge is 0.167 e. The van der Waals surface area contributed by atoms with Crippen LogP contribution in [0.5, 0.6) is 0 Å². The lowest BCUT2D eigenvalue weighted by Crippen LogP contribution is -2.22. The van der Waals surface area contributed by atoms with Crippen LogP contribution in [0.2, 0.25) is 0 Å². The number of ketones is 2. The second-order valence-electron chi connectivity index (χ2n) is 3.82. The van der Waals surface area contributed by atoms with E-state index < -0.39 is 5.92 Å². The fourth-order valence-corrected chi connectivity index (χ4v) is 1.95. The molecule has 2 nitrogen and oxygen atoms in total. The van der Waals surface area contributed by atoms with Crippen molar-refractivity contribution in [3.05, 3.63) is 48.0 Å². The van der Waals surface area contributed by atoms with E-state index in [1.54, 1.807) is 0 Å². The molecule has 76 valence electrons. The van der Waals surface area contributed by atoms with Gasteiger partial charge in [0.25, 0.3) is 0 Å². The van der Waals surface area contributed by atoms with Crippen molar-refractivity contribution in [1.82, 2.24) is 0 Å². The second-order valence-corrected chi connectivity index (χ2v) is 3.82. The molecule has 2 rings (SSSR count). The summed E-state index contributed by atoms with van der Waals surface area (Å²) in [4.78, 5) is 23.0. The van der Waals surface area contributed by atoms with Crippen molar-refractivity contribution in [2.45, 2.75) is 12.8 Å². The van der Waals surface area contributed by atoms with Crippen LogP contribution in [0.25, 0.3) is 0 Å². The van der Waals surface area contributed by atoms with Crippen LogP contribution in [0.15, 0.2) is 42.5 Å². The minimum absolute atomic E-state index is 0.0406. The molecule has 1 aromatic carbocycles. The van der Waals surface area contributed by atoms with Crippen LogP contribution in [0.3, 0.4) is 0 Å². The van der Waals surface area contributed by atoms with Crippen LogP contribution < -0.4 is 0 Å². The van der Waals surface area contributed by atoms with Crippen LogP contribution >= 0.6 is 0 Å². The Hall–Kier alpha value is -1.70. The third-order valence-electron chi connectivity index (χ3n) is 2.85. The van der Waals surface area contributed by atoms with Crippen molar-refractivity contribution in [3.63, 3.8) is 0 Å². The third kappa shape index (κ3) is 1.75. The van der Waals surface area contributed by atoms with E-state index in [-0.39, 0.29) is 17.5 Å². The highest BCUT2D eigenvalue weighted by atomic mass is 16.2. The Morgan fingerprint density at radius 2 is 1.53 bits per heavy atom. The normalized spacial score (nSPS) is 18.5. The fraction of sp³-hybridized carbons (Fsp3) is 0.231. The summed E-state index contributed by atoms with van der Waals surface area (Å²) in [5.74, 6) is -0.693. The Kier molecular flexibility index (Phi) is 2.50. The van der Waals surface area contributed by atoms with Gasteiger partial charge in [-0.3, -0.25) is 9.59 Å². The number of carbonyl (C=O) groups is 2. The molecule has 1 aromatic rings. The number of hydrogen-bond acceptors (Lipinski definition) is 2. The molecule has 0 aliphatic heterocycles. The average molecular weight is 200 g/mol. The molecule has 1 atom stereocenters. The Bertz CT molecular complexity index is 399. The highest BCUT2D eigenvalue weighted by Gasteiger charge is 2.33. The maximum absolute atomic E-state index is 11.5. The largest absolute Gasteiger partial charge is 0.294 e. The van der Waals surface area contributed by atoms with E-state index in [1.165, 1.54) is 12.2 Å². The number of carbonyl (C=O) groups excluding carboxylic acids is 2. The molecular weight excluding hydrogens is 188 g/mol. The highest BCUT2D eigenvalue weighted by molar-refractivity contribution is 6.19. The minimum atomic E-state index is -0.507. The summed E-state index contributed by atoms with van der Waals surface area (Å²) >= 11 is 0. The molecule has 0 heterocycles. The van der Waals surface area contributed by atoms with Gasteiger partial charge in [-0.2, -0.15) is 0 Å². The van der Waals surface area contributed by atoms with Crippen molar-refractivity contribution < 1.29 is 9.59 Å². The second kappa shape index (κ2) is 3.81. The van der Waals surface area contributed by atoms with Crippen LogP contribution in [-0.2, 0) is 9.59 Å². The van der Waals surface area contributed by atoms with E-state index in [4.69, 9.17) is 0 Å². The lowest BCUT2D eigenvalue weighted by molar-refractivity contribution is -0.126. The maximum atomic E-state index is 11.5. The Labute approximate surface area is 88.6 Å². The van der Waals surface area contributed by atoms with E-state index in [0.29, 0.717) is 0 Å². The first-order valence-corrected chi connectivity index (χ1v) is 5.01. The van der Waals surface area contributed by atoms with Crippen LogP contribution in [0, 0.1) is 5.92 Å². The average Bonchev–Trinajstić information content (AvgIpc) is 2.59. The summed E-state index contributed by atoms with van der Waals surface area (Å²) in [5, 5.41) is 0. The number of hydrogen-bond donors (Lipinski definition) is 0. The molecule has 1 aliphatic rings. The molecule has 0 aromatic heterocycles. The molecule has 0 fully saturated rings. The summed E-state index contributed by atoms with van der Waals surface area (Å²) < 4.78 is 0. The van der Waals surface area contributed by atoms with Crippen molar-refractivity contribution in [2.24, 2.45) is 5.92 Å². The summed E-state index contributed by atoms with van der Waals surface area (Å²) in [5.41, 5.74) is 1.04. The van der Waals surface area contributed by atoms with Gasteiger partial charge < -0.3 is 0 Å². The van der Waals surface area contributed by atoms with Crippen molar-refractivity contribution in [3.8, 4) is 0 Å². The van der Waals surface area contributed by atoms with Gasteiger partial charge in [-0.15, -0.1) is 0 Å². The highest BCUT2D eigenvalue weighted by Crippen LogP contribution is 2.28. The molecule has 1 aliphatic carbocycles. The first-order chi connectivity index (χ1) is 7.20. The van der Waals surface area contributed by atoms with Gasteiger partial charge >= 0.3 is 0 Å².